The molecule has 0 aromatic carbocycles. The monoisotopic (exact) mass is 336 g/mol. The number of hydrogen-bond donors (Lipinski definition) is 1. The van der Waals surface area contributed by atoms with Crippen molar-refractivity contribution >= 4 is 33.1 Å². The molecule has 0 atom stereocenters. The number of aryl methyl sites for hydroxylation is 2. The first-order chi connectivity index (χ1) is 9.15. The van der Waals surface area contributed by atoms with Crippen LogP contribution in [0.4, 0.5) is 0 Å². The van der Waals surface area contributed by atoms with Crippen molar-refractivity contribution in [3.63, 3.8) is 0 Å². The summed E-state index contributed by atoms with van der Waals surface area (Å²) in [6, 6.07) is 2.08. The Labute approximate surface area is 125 Å². The minimum absolute atomic E-state index is 0.363. The lowest BCUT2D eigenvalue weighted by molar-refractivity contribution is 0.661. The molecule has 0 spiro atoms. The fraction of sp³-hybridized carbons (Fsp3) is 0.308. The van der Waals surface area contributed by atoms with E-state index in [4.69, 9.17) is 22.9 Å². The van der Waals surface area contributed by atoms with Crippen LogP contribution in [0.1, 0.15) is 29.7 Å². The van der Waals surface area contributed by atoms with Crippen LogP contribution in [0.2, 0.25) is 0 Å². The van der Waals surface area contributed by atoms with Gasteiger partial charge in [0, 0.05) is 11.9 Å². The van der Waals surface area contributed by atoms with Crippen LogP contribution < -0.4 is 5.73 Å². The van der Waals surface area contributed by atoms with Crippen LogP contribution in [0.5, 0.6) is 0 Å². The second-order valence-electron chi connectivity index (χ2n) is 4.64. The quantitative estimate of drug-likeness (QED) is 0.856. The zero-order valence-electron chi connectivity index (χ0n) is 10.3. The molecular weight excluding hydrogens is 324 g/mol. The predicted octanol–water partition coefficient (Wildman–Crippen LogP) is 2.54. The Hall–Kier alpha value is -1.27. The Morgan fingerprint density at radius 1 is 1.37 bits per heavy atom. The van der Waals surface area contributed by atoms with Crippen molar-refractivity contribution in [3.8, 4) is 5.82 Å². The topological polar surface area (TPSA) is 56.7 Å². The SMILES string of the molecule is NC(=S)c1cc2c(nc1-n1cc(Br)cn1)CCCC2. The van der Waals surface area contributed by atoms with E-state index < -0.39 is 0 Å². The summed E-state index contributed by atoms with van der Waals surface area (Å²) in [4.78, 5) is 5.09. The van der Waals surface area contributed by atoms with Crippen LogP contribution in [0, 0.1) is 0 Å². The number of thiocarbonyl (C=S) groups is 1. The van der Waals surface area contributed by atoms with Crippen LogP contribution in [0.25, 0.3) is 5.82 Å². The minimum Gasteiger partial charge on any atom is -0.389 e. The summed E-state index contributed by atoms with van der Waals surface area (Å²) in [5.74, 6) is 0.721. The molecule has 1 aliphatic carbocycles. The first-order valence-corrected chi connectivity index (χ1v) is 7.38. The molecule has 0 unspecified atom stereocenters. The van der Waals surface area contributed by atoms with E-state index in [1.165, 1.54) is 18.4 Å². The first-order valence-electron chi connectivity index (χ1n) is 6.18. The summed E-state index contributed by atoms with van der Waals surface area (Å²) >= 11 is 8.54. The molecule has 6 heteroatoms. The molecule has 2 aromatic rings. The van der Waals surface area contributed by atoms with Gasteiger partial charge in [0.25, 0.3) is 0 Å². The third-order valence-electron chi connectivity index (χ3n) is 3.31. The zero-order valence-corrected chi connectivity index (χ0v) is 12.7. The molecule has 0 saturated heterocycles. The maximum Gasteiger partial charge on any atom is 0.163 e. The molecule has 2 aromatic heterocycles. The summed E-state index contributed by atoms with van der Waals surface area (Å²) in [6.07, 6.45) is 8.06. The summed E-state index contributed by atoms with van der Waals surface area (Å²) in [5, 5.41) is 4.27. The molecule has 0 fully saturated rings. The number of halogens is 1. The van der Waals surface area contributed by atoms with Gasteiger partial charge >= 0.3 is 0 Å². The molecule has 19 heavy (non-hydrogen) atoms. The lowest BCUT2D eigenvalue weighted by Crippen LogP contribution is -2.18. The van der Waals surface area contributed by atoms with Crippen molar-refractivity contribution in [1.29, 1.82) is 0 Å². The van der Waals surface area contributed by atoms with Crippen molar-refractivity contribution in [1.82, 2.24) is 14.8 Å². The van der Waals surface area contributed by atoms with Crippen molar-refractivity contribution in [2.45, 2.75) is 25.7 Å². The molecule has 0 radical (unpaired) electrons. The highest BCUT2D eigenvalue weighted by molar-refractivity contribution is 9.10. The number of nitrogens with zero attached hydrogens (tertiary/aromatic N) is 3. The van der Waals surface area contributed by atoms with Gasteiger partial charge in [-0.15, -0.1) is 0 Å². The molecule has 4 nitrogen and oxygen atoms in total. The molecule has 0 aliphatic heterocycles. The lowest BCUT2D eigenvalue weighted by Gasteiger charge is -2.18. The summed E-state index contributed by atoms with van der Waals surface area (Å²) in [6.45, 7) is 0. The summed E-state index contributed by atoms with van der Waals surface area (Å²) in [7, 11) is 0. The van der Waals surface area contributed by atoms with Gasteiger partial charge in [-0.25, -0.2) is 9.67 Å². The molecule has 98 valence electrons. The van der Waals surface area contributed by atoms with Crippen LogP contribution in [-0.4, -0.2) is 19.8 Å². The van der Waals surface area contributed by atoms with E-state index in [9.17, 15) is 0 Å². The third-order valence-corrected chi connectivity index (χ3v) is 3.94. The standard InChI is InChI=1S/C13H13BrN4S/c14-9-6-16-18(7-9)13-10(12(15)19)5-8-3-1-2-4-11(8)17-13/h5-7H,1-4H2,(H2,15,19). The van der Waals surface area contributed by atoms with Gasteiger partial charge in [-0.2, -0.15) is 5.10 Å². The van der Waals surface area contributed by atoms with Gasteiger partial charge in [0.2, 0.25) is 0 Å². The van der Waals surface area contributed by atoms with E-state index in [-0.39, 0.29) is 0 Å². The first kappa shape index (κ1) is 12.7. The fourth-order valence-electron chi connectivity index (χ4n) is 2.40. The number of hydrogen-bond acceptors (Lipinski definition) is 3. The molecule has 0 saturated carbocycles. The normalized spacial score (nSPS) is 14.2. The average molecular weight is 337 g/mol. The molecule has 1 aliphatic rings. The lowest BCUT2D eigenvalue weighted by atomic mass is 9.94. The van der Waals surface area contributed by atoms with Crippen LogP contribution in [0.3, 0.4) is 0 Å². The fourth-order valence-corrected chi connectivity index (χ4v) is 2.83. The Kier molecular flexibility index (Phi) is 3.36. The van der Waals surface area contributed by atoms with Crippen molar-refractivity contribution in [3.05, 3.63) is 39.8 Å². The van der Waals surface area contributed by atoms with Gasteiger partial charge in [-0.05, 0) is 53.2 Å². The van der Waals surface area contributed by atoms with Gasteiger partial charge in [0.1, 0.15) is 4.99 Å². The van der Waals surface area contributed by atoms with Gasteiger partial charge in [-0.1, -0.05) is 12.2 Å². The van der Waals surface area contributed by atoms with Gasteiger partial charge in [0.15, 0.2) is 5.82 Å². The highest BCUT2D eigenvalue weighted by Gasteiger charge is 2.17. The maximum atomic E-state index is 5.83. The molecular formula is C13H13BrN4S. The molecule has 0 amide bonds. The smallest absolute Gasteiger partial charge is 0.163 e. The van der Waals surface area contributed by atoms with Crippen molar-refractivity contribution in [2.75, 3.05) is 0 Å². The Balaban J connectivity index is 2.18. The largest absolute Gasteiger partial charge is 0.389 e. The van der Waals surface area contributed by atoms with Crippen LogP contribution in [-0.2, 0) is 12.8 Å². The predicted molar refractivity (Wildman–Crippen MR) is 81.6 cm³/mol. The van der Waals surface area contributed by atoms with Gasteiger partial charge in [-0.3, -0.25) is 0 Å². The van der Waals surface area contributed by atoms with Crippen LogP contribution in [0.15, 0.2) is 22.9 Å². The second kappa shape index (κ2) is 5.02. The number of pyridine rings is 1. The summed E-state index contributed by atoms with van der Waals surface area (Å²) < 4.78 is 2.62. The number of fused-ring (bicyclic) bond motifs is 1. The Morgan fingerprint density at radius 2 is 2.16 bits per heavy atom. The van der Waals surface area contributed by atoms with E-state index >= 15 is 0 Å². The molecule has 0 bridgehead atoms. The number of rotatable bonds is 2. The average Bonchev–Trinajstić information content (AvgIpc) is 2.83. The molecule has 2 N–H and O–H groups in total. The third kappa shape index (κ3) is 2.42. The zero-order chi connectivity index (χ0) is 13.4. The van der Waals surface area contributed by atoms with E-state index in [1.807, 2.05) is 6.20 Å². The molecule has 3 rings (SSSR count). The highest BCUT2D eigenvalue weighted by atomic mass is 79.9. The maximum absolute atomic E-state index is 5.83. The highest BCUT2D eigenvalue weighted by Crippen LogP contribution is 2.24. The number of aromatic nitrogens is 3. The Bertz CT molecular complexity index is 650. The van der Waals surface area contributed by atoms with Crippen LogP contribution >= 0.6 is 28.1 Å². The molecule has 2 heterocycles. The second-order valence-corrected chi connectivity index (χ2v) is 6.00. The summed E-state index contributed by atoms with van der Waals surface area (Å²) in [5.41, 5.74) is 9.04. The Morgan fingerprint density at radius 3 is 2.84 bits per heavy atom. The van der Waals surface area contributed by atoms with Gasteiger partial charge in [0.05, 0.1) is 16.2 Å². The van der Waals surface area contributed by atoms with Crippen molar-refractivity contribution < 1.29 is 0 Å². The number of nitrogens with two attached hydrogens (primary N) is 1. The van der Waals surface area contributed by atoms with E-state index in [1.54, 1.807) is 10.9 Å². The minimum atomic E-state index is 0.363. The van der Waals surface area contributed by atoms with Crippen molar-refractivity contribution in [2.24, 2.45) is 5.73 Å². The van der Waals surface area contributed by atoms with E-state index in [0.29, 0.717) is 4.99 Å². The van der Waals surface area contributed by atoms with E-state index in [0.717, 1.165) is 34.4 Å². The van der Waals surface area contributed by atoms with E-state index in [2.05, 4.69) is 27.1 Å². The van der Waals surface area contributed by atoms with Gasteiger partial charge < -0.3 is 5.73 Å².